The van der Waals surface area contributed by atoms with Crippen molar-refractivity contribution >= 4 is 11.8 Å². The van der Waals surface area contributed by atoms with Gasteiger partial charge in [0.05, 0.1) is 6.10 Å². The summed E-state index contributed by atoms with van der Waals surface area (Å²) in [6.45, 7) is 3.93. The average Bonchev–Trinajstić information content (AvgIpc) is 2.18. The van der Waals surface area contributed by atoms with Crippen LogP contribution in [-0.2, 0) is 0 Å². The molecule has 0 radical (unpaired) electrons. The third-order valence-corrected chi connectivity index (χ3v) is 3.65. The molecule has 1 rings (SSSR count). The molecule has 0 fully saturated rings. The molecule has 0 saturated carbocycles. The van der Waals surface area contributed by atoms with Gasteiger partial charge in [0.15, 0.2) is 0 Å². The van der Waals surface area contributed by atoms with Crippen molar-refractivity contribution in [3.63, 3.8) is 0 Å². The Hall–Kier alpha value is -0.540. The number of hydrogen-bond acceptors (Lipinski definition) is 2. The molecule has 1 aromatic carbocycles. The highest BCUT2D eigenvalue weighted by molar-refractivity contribution is 7.99. The summed E-state index contributed by atoms with van der Waals surface area (Å²) in [5.41, 5.74) is 0.755. The Balaban J connectivity index is 2.89. The van der Waals surface area contributed by atoms with E-state index in [1.54, 1.807) is 23.9 Å². The molecule has 1 unspecified atom stereocenters. The Labute approximate surface area is 88.3 Å². The predicted molar refractivity (Wildman–Crippen MR) is 59.0 cm³/mol. The summed E-state index contributed by atoms with van der Waals surface area (Å²) in [5.74, 6) is -0.275. The monoisotopic (exact) mass is 214 g/mol. The average molecular weight is 214 g/mol. The first kappa shape index (κ1) is 11.5. The molecule has 0 bridgehead atoms. The van der Waals surface area contributed by atoms with E-state index in [2.05, 4.69) is 0 Å². The number of thioether (sulfide) groups is 1. The van der Waals surface area contributed by atoms with Crippen molar-refractivity contribution in [1.82, 2.24) is 0 Å². The van der Waals surface area contributed by atoms with Gasteiger partial charge in [-0.3, -0.25) is 0 Å². The molecular formula is C11H15FOS. The summed E-state index contributed by atoms with van der Waals surface area (Å²) >= 11 is 1.59. The van der Waals surface area contributed by atoms with Crippen molar-refractivity contribution in [3.05, 3.63) is 35.6 Å². The topological polar surface area (TPSA) is 20.2 Å². The Morgan fingerprint density at radius 2 is 1.79 bits per heavy atom. The second-order valence-electron chi connectivity index (χ2n) is 3.76. The van der Waals surface area contributed by atoms with Gasteiger partial charge in [0.25, 0.3) is 0 Å². The van der Waals surface area contributed by atoms with Gasteiger partial charge in [0.2, 0.25) is 0 Å². The normalized spacial score (nSPS) is 14.1. The number of hydrogen-bond donors (Lipinski definition) is 1. The van der Waals surface area contributed by atoms with E-state index in [1.165, 1.54) is 12.1 Å². The molecule has 1 N–H and O–H groups in total. The lowest BCUT2D eigenvalue weighted by atomic mass is 9.98. The van der Waals surface area contributed by atoms with Crippen LogP contribution < -0.4 is 0 Å². The van der Waals surface area contributed by atoms with Gasteiger partial charge >= 0.3 is 0 Å². The lowest BCUT2D eigenvalue weighted by Crippen LogP contribution is -2.24. The molecule has 0 aliphatic heterocycles. The van der Waals surface area contributed by atoms with Gasteiger partial charge in [-0.1, -0.05) is 12.1 Å². The number of benzene rings is 1. The number of aliphatic hydroxyl groups excluding tert-OH is 1. The van der Waals surface area contributed by atoms with Gasteiger partial charge in [-0.2, -0.15) is 11.8 Å². The van der Waals surface area contributed by atoms with E-state index in [9.17, 15) is 9.50 Å². The van der Waals surface area contributed by atoms with Crippen molar-refractivity contribution in [2.45, 2.75) is 24.7 Å². The second-order valence-corrected chi connectivity index (χ2v) is 5.22. The molecule has 0 saturated heterocycles. The second kappa shape index (κ2) is 4.32. The van der Waals surface area contributed by atoms with Crippen molar-refractivity contribution < 1.29 is 9.50 Å². The van der Waals surface area contributed by atoms with Crippen molar-refractivity contribution in [2.75, 3.05) is 6.26 Å². The van der Waals surface area contributed by atoms with Crippen LogP contribution in [0.2, 0.25) is 0 Å². The summed E-state index contributed by atoms with van der Waals surface area (Å²) in [6, 6.07) is 5.99. The minimum atomic E-state index is -0.571. The molecule has 0 heterocycles. The lowest BCUT2D eigenvalue weighted by molar-refractivity contribution is 0.144. The molecule has 0 aliphatic carbocycles. The van der Waals surface area contributed by atoms with Gasteiger partial charge in [0.1, 0.15) is 5.82 Å². The zero-order valence-electron chi connectivity index (χ0n) is 8.62. The number of halogens is 1. The first-order chi connectivity index (χ1) is 6.47. The quantitative estimate of drug-likeness (QED) is 0.834. The molecule has 14 heavy (non-hydrogen) atoms. The maximum Gasteiger partial charge on any atom is 0.123 e. The molecule has 1 aromatic rings. The molecule has 0 amide bonds. The first-order valence-corrected chi connectivity index (χ1v) is 5.68. The molecule has 78 valence electrons. The maximum absolute atomic E-state index is 12.6. The van der Waals surface area contributed by atoms with Crippen LogP contribution in [0.1, 0.15) is 25.5 Å². The van der Waals surface area contributed by atoms with Crippen LogP contribution in [0, 0.1) is 5.82 Å². The smallest absolute Gasteiger partial charge is 0.123 e. The fourth-order valence-corrected chi connectivity index (χ4v) is 1.52. The van der Waals surface area contributed by atoms with E-state index < -0.39 is 6.10 Å². The SMILES string of the molecule is CSC(C)(C)C(O)c1ccc(F)cc1. The van der Waals surface area contributed by atoms with Gasteiger partial charge in [-0.25, -0.2) is 4.39 Å². The molecule has 0 aromatic heterocycles. The van der Waals surface area contributed by atoms with E-state index in [-0.39, 0.29) is 10.6 Å². The maximum atomic E-state index is 12.6. The minimum absolute atomic E-state index is 0.252. The van der Waals surface area contributed by atoms with Gasteiger partial charge in [-0.15, -0.1) is 0 Å². The molecule has 0 spiro atoms. The van der Waals surface area contributed by atoms with Crippen LogP contribution in [0.4, 0.5) is 4.39 Å². The molecule has 1 nitrogen and oxygen atoms in total. The highest BCUT2D eigenvalue weighted by Gasteiger charge is 2.27. The summed E-state index contributed by atoms with van der Waals surface area (Å²) < 4.78 is 12.4. The number of rotatable bonds is 3. The van der Waals surface area contributed by atoms with Crippen LogP contribution in [0.3, 0.4) is 0 Å². The summed E-state index contributed by atoms with van der Waals surface area (Å²) in [5, 5.41) is 10.00. The largest absolute Gasteiger partial charge is 0.387 e. The zero-order valence-corrected chi connectivity index (χ0v) is 9.44. The molecule has 1 atom stereocenters. The van der Waals surface area contributed by atoms with E-state index in [0.29, 0.717) is 0 Å². The Morgan fingerprint density at radius 3 is 2.21 bits per heavy atom. The Bertz CT molecular complexity index is 295. The van der Waals surface area contributed by atoms with Crippen molar-refractivity contribution in [3.8, 4) is 0 Å². The Morgan fingerprint density at radius 1 is 1.29 bits per heavy atom. The van der Waals surface area contributed by atoms with Crippen molar-refractivity contribution in [2.24, 2.45) is 0 Å². The van der Waals surface area contributed by atoms with E-state index in [4.69, 9.17) is 0 Å². The molecular weight excluding hydrogens is 199 g/mol. The highest BCUT2D eigenvalue weighted by atomic mass is 32.2. The lowest BCUT2D eigenvalue weighted by Gasteiger charge is -2.28. The fourth-order valence-electron chi connectivity index (χ4n) is 1.16. The third kappa shape index (κ3) is 2.49. The summed E-state index contributed by atoms with van der Waals surface area (Å²) in [7, 11) is 0. The van der Waals surface area contributed by atoms with Gasteiger partial charge < -0.3 is 5.11 Å². The highest BCUT2D eigenvalue weighted by Crippen LogP contribution is 2.35. The minimum Gasteiger partial charge on any atom is -0.387 e. The van der Waals surface area contributed by atoms with E-state index >= 15 is 0 Å². The van der Waals surface area contributed by atoms with Crippen LogP contribution in [0.5, 0.6) is 0 Å². The molecule has 3 heteroatoms. The fraction of sp³-hybridized carbons (Fsp3) is 0.455. The summed E-state index contributed by atoms with van der Waals surface area (Å²) in [6.07, 6.45) is 1.38. The predicted octanol–water partition coefficient (Wildman–Crippen LogP) is 3.00. The van der Waals surface area contributed by atoms with Crippen LogP contribution >= 0.6 is 11.8 Å². The van der Waals surface area contributed by atoms with Crippen LogP contribution in [-0.4, -0.2) is 16.1 Å². The Kier molecular flexibility index (Phi) is 3.56. The standard InChI is InChI=1S/C11H15FOS/c1-11(2,14-3)10(13)8-4-6-9(12)7-5-8/h4-7,10,13H,1-3H3. The zero-order chi connectivity index (χ0) is 10.8. The van der Waals surface area contributed by atoms with Gasteiger partial charge in [0, 0.05) is 4.75 Å². The van der Waals surface area contributed by atoms with Crippen molar-refractivity contribution in [1.29, 1.82) is 0 Å². The summed E-state index contributed by atoms with van der Waals surface area (Å²) in [4.78, 5) is 0. The number of aliphatic hydroxyl groups is 1. The first-order valence-electron chi connectivity index (χ1n) is 4.46. The van der Waals surface area contributed by atoms with Crippen LogP contribution in [0.25, 0.3) is 0 Å². The van der Waals surface area contributed by atoms with Crippen LogP contribution in [0.15, 0.2) is 24.3 Å². The van der Waals surface area contributed by atoms with E-state index in [0.717, 1.165) is 5.56 Å². The van der Waals surface area contributed by atoms with E-state index in [1.807, 2.05) is 20.1 Å². The third-order valence-electron chi connectivity index (χ3n) is 2.37. The molecule has 0 aliphatic rings. The van der Waals surface area contributed by atoms with Gasteiger partial charge in [-0.05, 0) is 37.8 Å².